The molecule has 17 heavy (non-hydrogen) atoms. The quantitative estimate of drug-likeness (QED) is 0.790. The number of anilines is 3. The van der Waals surface area contributed by atoms with Crippen LogP contribution in [0.4, 0.5) is 17.1 Å². The largest absolute Gasteiger partial charge is 0.399 e. The van der Waals surface area contributed by atoms with E-state index in [0.29, 0.717) is 6.54 Å². The smallest absolute Gasteiger partial charge is 0.0610 e. The first-order chi connectivity index (χ1) is 8.31. The number of rotatable bonds is 4. The number of hydrogen-bond acceptors (Lipinski definition) is 3. The highest BCUT2D eigenvalue weighted by Gasteiger charge is 2.07. The number of benzene rings is 2. The average Bonchev–Trinajstić information content (AvgIpc) is 2.37. The van der Waals surface area contributed by atoms with Gasteiger partial charge >= 0.3 is 0 Å². The molecule has 88 valence electrons. The van der Waals surface area contributed by atoms with Crippen LogP contribution >= 0.6 is 0 Å². The second kappa shape index (κ2) is 5.37. The van der Waals surface area contributed by atoms with Gasteiger partial charge in [-0.15, -0.1) is 0 Å². The Morgan fingerprint density at radius 3 is 2.29 bits per heavy atom. The van der Waals surface area contributed by atoms with Gasteiger partial charge in [-0.1, -0.05) is 24.3 Å². The zero-order valence-electron chi connectivity index (χ0n) is 9.58. The highest BCUT2D eigenvalue weighted by molar-refractivity contribution is 5.66. The third kappa shape index (κ3) is 2.77. The molecule has 0 fully saturated rings. The van der Waals surface area contributed by atoms with Gasteiger partial charge in [-0.3, -0.25) is 0 Å². The van der Waals surface area contributed by atoms with Crippen molar-refractivity contribution in [2.45, 2.75) is 0 Å². The molecule has 0 atom stereocenters. The Hall–Kier alpha value is -2.00. The van der Waals surface area contributed by atoms with Crippen molar-refractivity contribution in [2.75, 3.05) is 23.8 Å². The Kier molecular flexibility index (Phi) is 3.62. The second-order valence-corrected chi connectivity index (χ2v) is 3.81. The van der Waals surface area contributed by atoms with Crippen molar-refractivity contribution in [2.24, 2.45) is 0 Å². The fraction of sp³-hybridized carbons (Fsp3) is 0.143. The molecule has 0 saturated carbocycles. The fourth-order valence-corrected chi connectivity index (χ4v) is 1.81. The lowest BCUT2D eigenvalue weighted by Gasteiger charge is -2.24. The average molecular weight is 228 g/mol. The number of para-hydroxylation sites is 1. The van der Waals surface area contributed by atoms with Gasteiger partial charge in [0.05, 0.1) is 6.61 Å². The van der Waals surface area contributed by atoms with E-state index < -0.39 is 0 Å². The van der Waals surface area contributed by atoms with Gasteiger partial charge in [0.2, 0.25) is 0 Å². The van der Waals surface area contributed by atoms with Crippen LogP contribution in [0.5, 0.6) is 0 Å². The van der Waals surface area contributed by atoms with E-state index in [2.05, 4.69) is 0 Å². The van der Waals surface area contributed by atoms with Crippen molar-refractivity contribution in [3.8, 4) is 0 Å². The highest BCUT2D eigenvalue weighted by atomic mass is 16.3. The molecule has 0 amide bonds. The van der Waals surface area contributed by atoms with Crippen molar-refractivity contribution < 1.29 is 5.11 Å². The van der Waals surface area contributed by atoms with Crippen LogP contribution in [0.1, 0.15) is 0 Å². The first-order valence-corrected chi connectivity index (χ1v) is 5.60. The van der Waals surface area contributed by atoms with Crippen LogP contribution in [-0.2, 0) is 0 Å². The summed E-state index contributed by atoms with van der Waals surface area (Å²) in [6.07, 6.45) is 0. The summed E-state index contributed by atoms with van der Waals surface area (Å²) in [4.78, 5) is 2.04. The topological polar surface area (TPSA) is 49.5 Å². The second-order valence-electron chi connectivity index (χ2n) is 3.81. The molecule has 0 spiro atoms. The maximum absolute atomic E-state index is 9.16. The maximum atomic E-state index is 9.16. The summed E-state index contributed by atoms with van der Waals surface area (Å²) in [7, 11) is 0. The SMILES string of the molecule is Nc1cccc(N(CCO)c2ccccc2)c1. The summed E-state index contributed by atoms with van der Waals surface area (Å²) in [5.74, 6) is 0. The first-order valence-electron chi connectivity index (χ1n) is 5.60. The summed E-state index contributed by atoms with van der Waals surface area (Å²) >= 11 is 0. The van der Waals surface area contributed by atoms with Gasteiger partial charge in [0.25, 0.3) is 0 Å². The van der Waals surface area contributed by atoms with Crippen LogP contribution in [0.15, 0.2) is 54.6 Å². The lowest BCUT2D eigenvalue weighted by Crippen LogP contribution is -2.21. The molecule has 0 aliphatic heterocycles. The van der Waals surface area contributed by atoms with Crippen LogP contribution in [0.25, 0.3) is 0 Å². The van der Waals surface area contributed by atoms with Gasteiger partial charge in [0.15, 0.2) is 0 Å². The molecule has 3 heteroatoms. The Morgan fingerprint density at radius 2 is 1.65 bits per heavy atom. The minimum Gasteiger partial charge on any atom is -0.399 e. The molecular formula is C14H16N2O. The summed E-state index contributed by atoms with van der Waals surface area (Å²) in [5.41, 5.74) is 8.54. The lowest BCUT2D eigenvalue weighted by atomic mass is 10.2. The first kappa shape index (κ1) is 11.5. The molecule has 0 heterocycles. The summed E-state index contributed by atoms with van der Waals surface area (Å²) in [5, 5.41) is 9.16. The van der Waals surface area contributed by atoms with Crippen LogP contribution in [0, 0.1) is 0 Å². The van der Waals surface area contributed by atoms with E-state index in [4.69, 9.17) is 10.8 Å². The highest BCUT2D eigenvalue weighted by Crippen LogP contribution is 2.25. The molecule has 3 N–H and O–H groups in total. The van der Waals surface area contributed by atoms with Gasteiger partial charge in [-0.2, -0.15) is 0 Å². The van der Waals surface area contributed by atoms with Crippen molar-refractivity contribution in [1.82, 2.24) is 0 Å². The molecule has 2 aromatic rings. The van der Waals surface area contributed by atoms with Crippen molar-refractivity contribution in [3.05, 3.63) is 54.6 Å². The van der Waals surface area contributed by atoms with Gasteiger partial charge in [0.1, 0.15) is 0 Å². The summed E-state index contributed by atoms with van der Waals surface area (Å²) in [6.45, 7) is 0.650. The summed E-state index contributed by atoms with van der Waals surface area (Å²) in [6, 6.07) is 17.6. The molecule has 0 aliphatic rings. The minimum atomic E-state index is 0.101. The third-order valence-corrected chi connectivity index (χ3v) is 2.57. The van der Waals surface area contributed by atoms with Gasteiger partial charge in [-0.05, 0) is 30.3 Å². The maximum Gasteiger partial charge on any atom is 0.0610 e. The van der Waals surface area contributed by atoms with Gasteiger partial charge < -0.3 is 15.7 Å². The number of nitrogens with zero attached hydrogens (tertiary/aromatic N) is 1. The fourth-order valence-electron chi connectivity index (χ4n) is 1.81. The standard InChI is InChI=1S/C14H16N2O/c15-12-5-4-8-14(11-12)16(9-10-17)13-6-2-1-3-7-13/h1-8,11,17H,9-10,15H2. The van der Waals surface area contributed by atoms with Crippen LogP contribution in [0.3, 0.4) is 0 Å². The van der Waals surface area contributed by atoms with Crippen LogP contribution in [-0.4, -0.2) is 18.3 Å². The monoisotopic (exact) mass is 228 g/mol. The predicted molar refractivity (Wildman–Crippen MR) is 71.4 cm³/mol. The van der Waals surface area contributed by atoms with Crippen molar-refractivity contribution in [1.29, 1.82) is 0 Å². The van der Waals surface area contributed by atoms with Crippen molar-refractivity contribution in [3.63, 3.8) is 0 Å². The lowest BCUT2D eigenvalue weighted by molar-refractivity contribution is 0.305. The Bertz CT molecular complexity index is 471. The van der Waals surface area contributed by atoms with E-state index in [1.54, 1.807) is 0 Å². The number of aliphatic hydroxyl groups is 1. The Labute approximate surface area is 101 Å². The van der Waals surface area contributed by atoms with Gasteiger partial charge in [-0.25, -0.2) is 0 Å². The normalized spacial score (nSPS) is 10.2. The number of aliphatic hydroxyl groups excluding tert-OH is 1. The molecule has 0 radical (unpaired) electrons. The zero-order chi connectivity index (χ0) is 12.1. The molecule has 0 aliphatic carbocycles. The third-order valence-electron chi connectivity index (χ3n) is 2.57. The molecular weight excluding hydrogens is 212 g/mol. The zero-order valence-corrected chi connectivity index (χ0v) is 9.58. The molecule has 0 aromatic heterocycles. The molecule has 0 bridgehead atoms. The molecule has 2 aromatic carbocycles. The van der Waals surface area contributed by atoms with Crippen LogP contribution < -0.4 is 10.6 Å². The van der Waals surface area contributed by atoms with E-state index in [1.807, 2.05) is 59.5 Å². The number of hydrogen-bond donors (Lipinski definition) is 2. The minimum absolute atomic E-state index is 0.101. The summed E-state index contributed by atoms with van der Waals surface area (Å²) < 4.78 is 0. The predicted octanol–water partition coefficient (Wildman–Crippen LogP) is 2.40. The van der Waals surface area contributed by atoms with E-state index in [-0.39, 0.29) is 6.61 Å². The van der Waals surface area contributed by atoms with E-state index in [9.17, 15) is 0 Å². The van der Waals surface area contributed by atoms with E-state index in [1.165, 1.54) is 0 Å². The van der Waals surface area contributed by atoms with E-state index in [0.717, 1.165) is 17.1 Å². The molecule has 2 rings (SSSR count). The van der Waals surface area contributed by atoms with E-state index >= 15 is 0 Å². The Morgan fingerprint density at radius 1 is 0.941 bits per heavy atom. The molecule has 3 nitrogen and oxygen atoms in total. The van der Waals surface area contributed by atoms with Crippen molar-refractivity contribution >= 4 is 17.1 Å². The Balaban J connectivity index is 2.35. The van der Waals surface area contributed by atoms with Gasteiger partial charge in [0, 0.05) is 23.6 Å². The number of nitrogens with two attached hydrogens (primary N) is 1. The molecule has 0 unspecified atom stereocenters. The molecule has 0 saturated heterocycles. The van der Waals surface area contributed by atoms with Crippen LogP contribution in [0.2, 0.25) is 0 Å². The number of nitrogen functional groups attached to an aromatic ring is 1.